The van der Waals surface area contributed by atoms with Gasteiger partial charge in [-0.15, -0.1) is 0 Å². The molecule has 2 aliphatic carbocycles. The summed E-state index contributed by atoms with van der Waals surface area (Å²) in [6, 6.07) is 0. The predicted molar refractivity (Wildman–Crippen MR) is 74.9 cm³/mol. The zero-order valence-electron chi connectivity index (χ0n) is 12.4. The number of nitrogens with two attached hydrogens (primary N) is 1. The minimum atomic E-state index is -0.836. The Bertz CT molecular complexity index is 412. The van der Waals surface area contributed by atoms with Gasteiger partial charge in [-0.2, -0.15) is 0 Å². The molecule has 1 aliphatic heterocycles. The zero-order chi connectivity index (χ0) is 14.5. The van der Waals surface area contributed by atoms with Crippen LogP contribution in [0.25, 0.3) is 0 Å². The molecule has 20 heavy (non-hydrogen) atoms. The van der Waals surface area contributed by atoms with Crippen molar-refractivity contribution in [3.63, 3.8) is 0 Å². The fraction of sp³-hybridized carbons (Fsp3) is 0.933. The first-order valence-electron chi connectivity index (χ1n) is 7.76. The highest BCUT2D eigenvalue weighted by atomic mass is 16.5. The molecular formula is C15H26N2O3. The van der Waals surface area contributed by atoms with Gasteiger partial charge < -0.3 is 20.9 Å². The number of hydrogen-bond acceptors (Lipinski definition) is 4. The van der Waals surface area contributed by atoms with E-state index in [1.807, 2.05) is 13.8 Å². The van der Waals surface area contributed by atoms with E-state index in [0.29, 0.717) is 13.2 Å². The first kappa shape index (κ1) is 14.3. The summed E-state index contributed by atoms with van der Waals surface area (Å²) in [4.78, 5) is 12.6. The molecule has 1 amide bonds. The molecule has 2 saturated carbocycles. The maximum absolute atomic E-state index is 12.6. The van der Waals surface area contributed by atoms with Gasteiger partial charge in [-0.25, -0.2) is 0 Å². The van der Waals surface area contributed by atoms with Crippen molar-refractivity contribution in [3.8, 4) is 0 Å². The number of carbonyl (C=O) groups is 1. The van der Waals surface area contributed by atoms with Gasteiger partial charge in [-0.3, -0.25) is 4.79 Å². The highest BCUT2D eigenvalue weighted by molar-refractivity contribution is 5.89. The van der Waals surface area contributed by atoms with Crippen molar-refractivity contribution < 1.29 is 14.6 Å². The molecule has 5 nitrogen and oxygen atoms in total. The Hall–Kier alpha value is -0.650. The largest absolute Gasteiger partial charge is 0.393 e. The lowest BCUT2D eigenvalue weighted by Crippen LogP contribution is -2.80. The van der Waals surface area contributed by atoms with Gasteiger partial charge in [-0.05, 0) is 19.3 Å². The monoisotopic (exact) mass is 282 g/mol. The van der Waals surface area contributed by atoms with Gasteiger partial charge in [0.1, 0.15) is 5.54 Å². The summed E-state index contributed by atoms with van der Waals surface area (Å²) >= 11 is 0. The van der Waals surface area contributed by atoms with E-state index in [-0.39, 0.29) is 35.4 Å². The van der Waals surface area contributed by atoms with Gasteiger partial charge in [0, 0.05) is 30.4 Å². The van der Waals surface area contributed by atoms with Crippen LogP contribution >= 0.6 is 0 Å². The minimum absolute atomic E-state index is 0.0756. The van der Waals surface area contributed by atoms with Crippen LogP contribution in [0.3, 0.4) is 0 Å². The summed E-state index contributed by atoms with van der Waals surface area (Å²) in [7, 11) is 0. The van der Waals surface area contributed by atoms with Crippen LogP contribution in [0.15, 0.2) is 0 Å². The van der Waals surface area contributed by atoms with Gasteiger partial charge in [-0.1, -0.05) is 20.3 Å². The molecule has 0 aromatic rings. The number of amides is 1. The van der Waals surface area contributed by atoms with Crippen molar-refractivity contribution >= 4 is 5.91 Å². The molecule has 0 aromatic carbocycles. The van der Waals surface area contributed by atoms with E-state index in [9.17, 15) is 9.90 Å². The van der Waals surface area contributed by atoms with E-state index in [4.69, 9.17) is 10.5 Å². The number of hydrogen-bond donors (Lipinski definition) is 3. The average Bonchev–Trinajstić information content (AvgIpc) is 3.03. The molecule has 3 fully saturated rings. The molecular weight excluding hydrogens is 256 g/mol. The third-order valence-electron chi connectivity index (χ3n) is 5.97. The van der Waals surface area contributed by atoms with Gasteiger partial charge in [0.2, 0.25) is 5.91 Å². The Kier molecular flexibility index (Phi) is 3.35. The number of fused-ring (bicyclic) bond motifs is 1. The lowest BCUT2D eigenvalue weighted by molar-refractivity contribution is -0.175. The third-order valence-corrected chi connectivity index (χ3v) is 5.97. The second-order valence-electron chi connectivity index (χ2n) is 7.25. The van der Waals surface area contributed by atoms with Crippen LogP contribution < -0.4 is 11.1 Å². The Morgan fingerprint density at radius 3 is 2.80 bits per heavy atom. The first-order chi connectivity index (χ1) is 9.39. The fourth-order valence-electron chi connectivity index (χ4n) is 4.47. The molecule has 114 valence electrons. The lowest BCUT2D eigenvalue weighted by atomic mass is 9.48. The molecule has 3 aliphatic rings. The zero-order valence-corrected chi connectivity index (χ0v) is 12.4. The van der Waals surface area contributed by atoms with Crippen LogP contribution in [-0.2, 0) is 9.53 Å². The summed E-state index contributed by atoms with van der Waals surface area (Å²) in [5, 5.41) is 12.8. The van der Waals surface area contributed by atoms with E-state index < -0.39 is 5.54 Å². The van der Waals surface area contributed by atoms with Gasteiger partial charge in [0.25, 0.3) is 0 Å². The number of aliphatic hydroxyl groups is 1. The number of aliphatic hydroxyl groups excluding tert-OH is 1. The normalized spacial score (nSPS) is 45.8. The second-order valence-corrected chi connectivity index (χ2v) is 7.25. The molecule has 5 unspecified atom stereocenters. The van der Waals surface area contributed by atoms with Crippen LogP contribution in [0.5, 0.6) is 0 Å². The highest BCUT2D eigenvalue weighted by Crippen LogP contribution is 2.58. The third kappa shape index (κ3) is 1.76. The van der Waals surface area contributed by atoms with Crippen molar-refractivity contribution in [1.29, 1.82) is 0 Å². The van der Waals surface area contributed by atoms with E-state index in [1.54, 1.807) is 0 Å². The maximum Gasteiger partial charge on any atom is 0.241 e. The number of nitrogens with one attached hydrogen (secondary N) is 1. The van der Waals surface area contributed by atoms with Gasteiger partial charge >= 0.3 is 0 Å². The van der Waals surface area contributed by atoms with Crippen molar-refractivity contribution in [2.75, 3.05) is 13.2 Å². The Morgan fingerprint density at radius 2 is 2.15 bits per heavy atom. The van der Waals surface area contributed by atoms with Crippen LogP contribution in [0.2, 0.25) is 0 Å². The van der Waals surface area contributed by atoms with Gasteiger partial charge in [0.15, 0.2) is 0 Å². The molecule has 5 atom stereocenters. The number of ether oxygens (including phenoxy) is 1. The topological polar surface area (TPSA) is 84.6 Å². The molecule has 0 aromatic heterocycles. The van der Waals surface area contributed by atoms with Crippen LogP contribution in [0, 0.1) is 17.3 Å². The molecule has 3 rings (SSSR count). The molecule has 5 heteroatoms. The van der Waals surface area contributed by atoms with Crippen molar-refractivity contribution in [2.24, 2.45) is 23.0 Å². The summed E-state index contributed by atoms with van der Waals surface area (Å²) < 4.78 is 5.71. The summed E-state index contributed by atoms with van der Waals surface area (Å²) in [6.07, 6.45) is 3.57. The predicted octanol–water partition coefficient (Wildman–Crippen LogP) is 0.406. The highest BCUT2D eigenvalue weighted by Gasteiger charge is 2.71. The standard InChI is InChI=1S/C15H26N2O3/c1-14(2)12-10(6-7-20-12)15(14,16)13(19)17-8-9-4-3-5-11(9)18/h9-12,18H,3-8,16H2,1-2H3,(H,17,19). The summed E-state index contributed by atoms with van der Waals surface area (Å²) in [6.45, 7) is 5.27. The number of rotatable bonds is 3. The molecule has 4 N–H and O–H groups in total. The first-order valence-corrected chi connectivity index (χ1v) is 7.76. The molecule has 1 heterocycles. The van der Waals surface area contributed by atoms with Gasteiger partial charge in [0.05, 0.1) is 12.2 Å². The Balaban J connectivity index is 1.64. The Labute approximate surface area is 120 Å². The average molecular weight is 282 g/mol. The van der Waals surface area contributed by atoms with E-state index in [1.165, 1.54) is 0 Å². The van der Waals surface area contributed by atoms with Crippen molar-refractivity contribution in [2.45, 2.75) is 57.3 Å². The number of carbonyl (C=O) groups excluding carboxylic acids is 1. The molecule has 0 spiro atoms. The summed E-state index contributed by atoms with van der Waals surface area (Å²) in [5.74, 6) is 0.237. The Morgan fingerprint density at radius 1 is 1.40 bits per heavy atom. The fourth-order valence-corrected chi connectivity index (χ4v) is 4.47. The minimum Gasteiger partial charge on any atom is -0.393 e. The quantitative estimate of drug-likeness (QED) is 0.700. The van der Waals surface area contributed by atoms with E-state index in [2.05, 4.69) is 5.32 Å². The van der Waals surface area contributed by atoms with Crippen molar-refractivity contribution in [3.05, 3.63) is 0 Å². The smallest absolute Gasteiger partial charge is 0.241 e. The van der Waals surface area contributed by atoms with E-state index in [0.717, 1.165) is 25.7 Å². The molecule has 0 bridgehead atoms. The van der Waals surface area contributed by atoms with Crippen LogP contribution in [0.1, 0.15) is 39.5 Å². The maximum atomic E-state index is 12.6. The van der Waals surface area contributed by atoms with Crippen LogP contribution in [0.4, 0.5) is 0 Å². The molecule has 1 saturated heterocycles. The van der Waals surface area contributed by atoms with Crippen molar-refractivity contribution in [1.82, 2.24) is 5.32 Å². The SMILES string of the molecule is CC1(C)C2OCCC2C1(N)C(=O)NCC1CCCC1O. The van der Waals surface area contributed by atoms with Crippen LogP contribution in [-0.4, -0.2) is 41.9 Å². The second kappa shape index (κ2) is 4.68. The van der Waals surface area contributed by atoms with E-state index >= 15 is 0 Å². The summed E-state index contributed by atoms with van der Waals surface area (Å²) in [5.41, 5.74) is 5.31. The molecule has 0 radical (unpaired) electrons. The lowest BCUT2D eigenvalue weighted by Gasteiger charge is -2.60.